The van der Waals surface area contributed by atoms with Crippen molar-refractivity contribution in [3.63, 3.8) is 0 Å². The predicted molar refractivity (Wildman–Crippen MR) is 243 cm³/mol. The molecule has 0 amide bonds. The Morgan fingerprint density at radius 3 is 0.912 bits per heavy atom. The van der Waals surface area contributed by atoms with Crippen molar-refractivity contribution in [1.29, 1.82) is 0 Å². The highest BCUT2D eigenvalue weighted by Gasteiger charge is 2.19. The second kappa shape index (κ2) is 42.5. The highest BCUT2D eigenvalue weighted by Crippen LogP contribution is 2.18. The van der Waals surface area contributed by atoms with Gasteiger partial charge in [0.15, 0.2) is 6.10 Å². The molecule has 0 heterocycles. The second-order valence-corrected chi connectivity index (χ2v) is 18.6. The fourth-order valence-electron chi connectivity index (χ4n) is 7.55. The number of esters is 3. The quantitative estimate of drug-likeness (QED) is 0.0347. The van der Waals surface area contributed by atoms with Gasteiger partial charge in [0.1, 0.15) is 13.2 Å². The first-order chi connectivity index (χ1) is 27.6. The maximum atomic E-state index is 12.8. The molecule has 6 nitrogen and oxygen atoms in total. The summed E-state index contributed by atoms with van der Waals surface area (Å²) in [5.74, 6) is 1.63. The third kappa shape index (κ3) is 43.8. The third-order valence-electron chi connectivity index (χ3n) is 11.8. The van der Waals surface area contributed by atoms with Crippen molar-refractivity contribution in [3.8, 4) is 0 Å². The van der Waals surface area contributed by atoms with E-state index in [9.17, 15) is 14.4 Å². The van der Waals surface area contributed by atoms with Crippen molar-refractivity contribution in [2.45, 2.75) is 279 Å². The van der Waals surface area contributed by atoms with E-state index in [1.54, 1.807) is 0 Å². The maximum absolute atomic E-state index is 12.8. The van der Waals surface area contributed by atoms with Crippen LogP contribution in [0.15, 0.2) is 0 Å². The molecule has 0 aliphatic rings. The number of unbranched alkanes of at least 4 members (excludes halogenated alkanes) is 26. The monoisotopic (exact) mass is 807 g/mol. The number of carbonyl (C=O) groups excluding carboxylic acids is 3. The third-order valence-corrected chi connectivity index (χ3v) is 11.8. The van der Waals surface area contributed by atoms with E-state index >= 15 is 0 Å². The molecule has 0 saturated heterocycles. The van der Waals surface area contributed by atoms with Gasteiger partial charge in [-0.2, -0.15) is 0 Å². The van der Waals surface area contributed by atoms with Crippen LogP contribution in [0, 0.1) is 17.8 Å². The van der Waals surface area contributed by atoms with Crippen LogP contribution in [0.3, 0.4) is 0 Å². The van der Waals surface area contributed by atoms with Gasteiger partial charge in [-0.1, -0.05) is 234 Å². The predicted octanol–water partition coefficient (Wildman–Crippen LogP) is 16.0. The average molecular weight is 807 g/mol. The molecule has 0 aromatic rings. The van der Waals surface area contributed by atoms with Gasteiger partial charge >= 0.3 is 17.9 Å². The molecular weight excluding hydrogens is 709 g/mol. The Morgan fingerprint density at radius 1 is 0.351 bits per heavy atom. The average Bonchev–Trinajstić information content (AvgIpc) is 3.18. The molecule has 0 saturated carbocycles. The molecule has 338 valence electrons. The minimum atomic E-state index is -0.763. The number of carbonyl (C=O) groups is 3. The van der Waals surface area contributed by atoms with Crippen LogP contribution in [-0.4, -0.2) is 37.2 Å². The van der Waals surface area contributed by atoms with Crippen molar-refractivity contribution < 1.29 is 28.6 Å². The summed E-state index contributed by atoms with van der Waals surface area (Å²) in [5, 5.41) is 0. The van der Waals surface area contributed by atoms with Gasteiger partial charge in [0.25, 0.3) is 0 Å². The van der Waals surface area contributed by atoms with Gasteiger partial charge in [0.2, 0.25) is 0 Å². The van der Waals surface area contributed by atoms with Gasteiger partial charge in [-0.05, 0) is 37.0 Å². The fraction of sp³-hybridized carbons (Fsp3) is 0.941. The van der Waals surface area contributed by atoms with Crippen molar-refractivity contribution >= 4 is 17.9 Å². The van der Waals surface area contributed by atoms with Gasteiger partial charge in [0, 0.05) is 19.3 Å². The largest absolute Gasteiger partial charge is 0.462 e. The zero-order chi connectivity index (χ0) is 42.0. The zero-order valence-electron chi connectivity index (χ0n) is 39.1. The Kier molecular flexibility index (Phi) is 41.3. The van der Waals surface area contributed by atoms with Crippen LogP contribution in [0.25, 0.3) is 0 Å². The summed E-state index contributed by atoms with van der Waals surface area (Å²) < 4.78 is 16.8. The van der Waals surface area contributed by atoms with E-state index in [0.29, 0.717) is 19.3 Å². The highest BCUT2D eigenvalue weighted by molar-refractivity contribution is 5.71. The van der Waals surface area contributed by atoms with E-state index in [0.717, 1.165) is 75.5 Å². The summed E-state index contributed by atoms with van der Waals surface area (Å²) in [5.41, 5.74) is 0. The van der Waals surface area contributed by atoms with Gasteiger partial charge < -0.3 is 14.2 Å². The summed E-state index contributed by atoms with van der Waals surface area (Å²) in [6.45, 7) is 13.7. The highest BCUT2D eigenvalue weighted by atomic mass is 16.6. The number of ether oxygens (including phenoxy) is 3. The normalized spacial score (nSPS) is 12.6. The molecular formula is C51H98O6. The van der Waals surface area contributed by atoms with E-state index in [4.69, 9.17) is 14.2 Å². The SMILES string of the molecule is CCC(C)CCCCCCCCCCC(=O)OC[C@H](COC(=O)CCCCCCCCCCCC(C)C)OC(=O)CCCCCCCCCCCCCCC(C)C. The van der Waals surface area contributed by atoms with E-state index in [2.05, 4.69) is 41.5 Å². The Labute approximate surface area is 355 Å². The lowest BCUT2D eigenvalue weighted by atomic mass is 9.99. The standard InChI is InChI=1S/C51H98O6/c1-7-47(6)39-33-27-21-17-18-23-29-35-41-50(53)56-44-48(43-55-49(52)40-34-28-22-16-12-14-20-26-32-38-46(4)5)57-51(54)42-36-30-24-15-11-9-8-10-13-19-25-31-37-45(2)3/h45-48H,7-44H2,1-6H3/t47?,48-/m0/s1. The van der Waals surface area contributed by atoms with Crippen LogP contribution in [0.1, 0.15) is 273 Å². The molecule has 1 unspecified atom stereocenters. The Bertz CT molecular complexity index is 885. The van der Waals surface area contributed by atoms with Gasteiger partial charge in [-0.25, -0.2) is 0 Å². The van der Waals surface area contributed by atoms with Crippen LogP contribution in [-0.2, 0) is 28.6 Å². The van der Waals surface area contributed by atoms with E-state index in [1.165, 1.54) is 154 Å². The van der Waals surface area contributed by atoms with Gasteiger partial charge in [-0.3, -0.25) is 14.4 Å². The molecule has 6 heteroatoms. The summed E-state index contributed by atoms with van der Waals surface area (Å²) in [6, 6.07) is 0. The van der Waals surface area contributed by atoms with Crippen LogP contribution >= 0.6 is 0 Å². The second-order valence-electron chi connectivity index (χ2n) is 18.6. The van der Waals surface area contributed by atoms with E-state index < -0.39 is 6.10 Å². The van der Waals surface area contributed by atoms with Crippen molar-refractivity contribution in [3.05, 3.63) is 0 Å². The van der Waals surface area contributed by atoms with Crippen molar-refractivity contribution in [2.24, 2.45) is 17.8 Å². The maximum Gasteiger partial charge on any atom is 0.306 e. The molecule has 0 radical (unpaired) electrons. The molecule has 0 fully saturated rings. The van der Waals surface area contributed by atoms with Crippen molar-refractivity contribution in [1.82, 2.24) is 0 Å². The molecule has 57 heavy (non-hydrogen) atoms. The summed E-state index contributed by atoms with van der Waals surface area (Å²) >= 11 is 0. The lowest BCUT2D eigenvalue weighted by molar-refractivity contribution is -0.167. The minimum absolute atomic E-state index is 0.0655. The topological polar surface area (TPSA) is 78.9 Å². The summed E-state index contributed by atoms with van der Waals surface area (Å²) in [7, 11) is 0. The Balaban J connectivity index is 4.34. The first-order valence-electron chi connectivity index (χ1n) is 25.1. The molecule has 0 aromatic heterocycles. The van der Waals surface area contributed by atoms with Crippen LogP contribution in [0.4, 0.5) is 0 Å². The molecule has 0 N–H and O–H groups in total. The lowest BCUT2D eigenvalue weighted by Crippen LogP contribution is -2.30. The molecule has 0 aliphatic heterocycles. The molecule has 0 rings (SSSR count). The molecule has 0 aliphatic carbocycles. The van der Waals surface area contributed by atoms with Gasteiger partial charge in [-0.15, -0.1) is 0 Å². The Morgan fingerprint density at radius 2 is 0.614 bits per heavy atom. The van der Waals surface area contributed by atoms with Gasteiger partial charge in [0.05, 0.1) is 0 Å². The minimum Gasteiger partial charge on any atom is -0.462 e. The molecule has 0 bridgehead atoms. The number of rotatable bonds is 44. The van der Waals surface area contributed by atoms with Crippen LogP contribution in [0.5, 0.6) is 0 Å². The summed E-state index contributed by atoms with van der Waals surface area (Å²) in [6.07, 6.45) is 40.8. The lowest BCUT2D eigenvalue weighted by Gasteiger charge is -2.18. The summed E-state index contributed by atoms with van der Waals surface area (Å²) in [4.78, 5) is 37.9. The number of hydrogen-bond donors (Lipinski definition) is 0. The number of hydrogen-bond acceptors (Lipinski definition) is 6. The Hall–Kier alpha value is -1.59. The smallest absolute Gasteiger partial charge is 0.306 e. The molecule has 2 atom stereocenters. The van der Waals surface area contributed by atoms with E-state index in [1.807, 2.05) is 0 Å². The fourth-order valence-corrected chi connectivity index (χ4v) is 7.55. The first-order valence-corrected chi connectivity index (χ1v) is 25.1. The van der Waals surface area contributed by atoms with Crippen molar-refractivity contribution in [2.75, 3.05) is 13.2 Å². The van der Waals surface area contributed by atoms with Crippen LogP contribution in [0.2, 0.25) is 0 Å². The first kappa shape index (κ1) is 55.4. The van der Waals surface area contributed by atoms with Crippen LogP contribution < -0.4 is 0 Å². The molecule has 0 aromatic carbocycles. The molecule has 0 spiro atoms. The zero-order valence-corrected chi connectivity index (χ0v) is 39.1. The van der Waals surface area contributed by atoms with E-state index in [-0.39, 0.29) is 31.1 Å².